The highest BCUT2D eigenvalue weighted by Gasteiger charge is 2.33. The molecule has 1 fully saturated rings. The molecule has 140 valence electrons. The Hall–Kier alpha value is -2.69. The van der Waals surface area contributed by atoms with Gasteiger partial charge >= 0.3 is 0 Å². The number of nitriles is 1. The molecule has 0 radical (unpaired) electrons. The molecule has 0 N–H and O–H groups in total. The van der Waals surface area contributed by atoms with Crippen molar-refractivity contribution in [1.29, 1.82) is 5.26 Å². The number of hydrogen-bond donors (Lipinski definition) is 0. The van der Waals surface area contributed by atoms with E-state index >= 15 is 0 Å². The molecule has 0 aliphatic carbocycles. The van der Waals surface area contributed by atoms with E-state index in [0.29, 0.717) is 30.8 Å². The van der Waals surface area contributed by atoms with Gasteiger partial charge in [-0.15, -0.1) is 0 Å². The summed E-state index contributed by atoms with van der Waals surface area (Å²) in [5, 5.41) is 8.91. The van der Waals surface area contributed by atoms with Crippen LogP contribution >= 0.6 is 0 Å². The van der Waals surface area contributed by atoms with Crippen LogP contribution in [0.4, 0.5) is 5.69 Å². The molecule has 2 aromatic rings. The summed E-state index contributed by atoms with van der Waals surface area (Å²) in [5.41, 5.74) is 2.07. The van der Waals surface area contributed by atoms with E-state index in [1.165, 1.54) is 23.4 Å². The molecule has 1 atom stereocenters. The normalized spacial score (nSPS) is 18.1. The number of rotatable bonds is 4. The molecule has 0 amide bonds. The molecule has 2 aromatic carbocycles. The van der Waals surface area contributed by atoms with Crippen LogP contribution < -0.4 is 4.90 Å². The number of benzene rings is 2. The van der Waals surface area contributed by atoms with Gasteiger partial charge in [-0.2, -0.15) is 9.57 Å². The second-order valence-electron chi connectivity index (χ2n) is 6.65. The van der Waals surface area contributed by atoms with Gasteiger partial charge in [0.15, 0.2) is 5.78 Å². The Kier molecular flexibility index (Phi) is 5.31. The van der Waals surface area contributed by atoms with E-state index in [1.54, 1.807) is 24.3 Å². The van der Waals surface area contributed by atoms with Gasteiger partial charge in [0.05, 0.1) is 16.5 Å². The van der Waals surface area contributed by atoms with E-state index in [0.717, 1.165) is 5.69 Å². The van der Waals surface area contributed by atoms with Gasteiger partial charge in [-0.1, -0.05) is 12.1 Å². The quantitative estimate of drug-likeness (QED) is 0.758. The Bertz CT molecular complexity index is 977. The third-order valence-electron chi connectivity index (χ3n) is 4.80. The highest BCUT2D eigenvalue weighted by molar-refractivity contribution is 7.89. The lowest BCUT2D eigenvalue weighted by molar-refractivity contribution is 0.101. The van der Waals surface area contributed by atoms with Crippen molar-refractivity contribution in [2.45, 2.75) is 24.8 Å². The van der Waals surface area contributed by atoms with Crippen LogP contribution in [0.15, 0.2) is 53.4 Å². The summed E-state index contributed by atoms with van der Waals surface area (Å²) < 4.78 is 27.5. The molecule has 0 aromatic heterocycles. The van der Waals surface area contributed by atoms with Crippen molar-refractivity contribution < 1.29 is 13.2 Å². The summed E-state index contributed by atoms with van der Waals surface area (Å²) >= 11 is 0. The van der Waals surface area contributed by atoms with Crippen LogP contribution in [0.1, 0.15) is 29.8 Å². The number of sulfonamides is 1. The first-order valence-electron chi connectivity index (χ1n) is 8.71. The molecule has 1 aliphatic heterocycles. The number of nitrogens with zero attached hydrogens (tertiary/aromatic N) is 3. The summed E-state index contributed by atoms with van der Waals surface area (Å²) in [7, 11) is -3.62. The van der Waals surface area contributed by atoms with Crippen molar-refractivity contribution in [1.82, 2.24) is 4.31 Å². The fourth-order valence-electron chi connectivity index (χ4n) is 3.28. The first-order chi connectivity index (χ1) is 12.8. The second-order valence-corrected chi connectivity index (χ2v) is 8.54. The average Bonchev–Trinajstić information content (AvgIpc) is 2.67. The van der Waals surface area contributed by atoms with E-state index in [2.05, 4.69) is 11.0 Å². The van der Waals surface area contributed by atoms with Crippen LogP contribution in [-0.2, 0) is 10.0 Å². The minimum atomic E-state index is -3.62. The fraction of sp³-hybridized carbons (Fsp3) is 0.300. The lowest BCUT2D eigenvalue weighted by atomic mass is 10.1. The van der Waals surface area contributed by atoms with Crippen LogP contribution in [-0.4, -0.2) is 44.2 Å². The van der Waals surface area contributed by atoms with Gasteiger partial charge in [0.25, 0.3) is 0 Å². The molecule has 0 bridgehead atoms. The average molecular weight is 383 g/mol. The standard InChI is InChI=1S/C20H21N3O3S/c1-15-14-22(19-7-3-17(13-21)4-8-19)11-12-23(15)27(25,26)20-9-5-18(6-10-20)16(2)24/h3-10,15H,11-12,14H2,1-2H3. The molecule has 1 heterocycles. The molecular formula is C20H21N3O3S. The van der Waals surface area contributed by atoms with Crippen molar-refractivity contribution in [3.63, 3.8) is 0 Å². The number of hydrogen-bond acceptors (Lipinski definition) is 5. The number of Topliss-reactive ketones (excluding diaryl/α,β-unsaturated/α-hetero) is 1. The van der Waals surface area contributed by atoms with Gasteiger partial charge in [-0.05, 0) is 50.2 Å². The fourth-order valence-corrected chi connectivity index (χ4v) is 4.89. The molecule has 0 spiro atoms. The second kappa shape index (κ2) is 7.51. The summed E-state index contributed by atoms with van der Waals surface area (Å²) in [5.74, 6) is -0.0941. The molecule has 0 saturated carbocycles. The van der Waals surface area contributed by atoms with Gasteiger partial charge in [-0.25, -0.2) is 8.42 Å². The molecular weight excluding hydrogens is 362 g/mol. The van der Waals surface area contributed by atoms with Crippen LogP contribution in [0, 0.1) is 11.3 Å². The lowest BCUT2D eigenvalue weighted by Gasteiger charge is -2.40. The molecule has 6 nitrogen and oxygen atoms in total. The van der Waals surface area contributed by atoms with E-state index in [9.17, 15) is 13.2 Å². The predicted octanol–water partition coefficient (Wildman–Crippen LogP) is 2.66. The monoisotopic (exact) mass is 383 g/mol. The summed E-state index contributed by atoms with van der Waals surface area (Å²) in [6.07, 6.45) is 0. The minimum absolute atomic E-state index is 0.0941. The molecule has 7 heteroatoms. The van der Waals surface area contributed by atoms with E-state index in [1.807, 2.05) is 19.1 Å². The first-order valence-corrected chi connectivity index (χ1v) is 10.1. The highest BCUT2D eigenvalue weighted by Crippen LogP contribution is 2.25. The molecule has 1 unspecified atom stereocenters. The van der Waals surface area contributed by atoms with Crippen LogP contribution in [0.3, 0.4) is 0 Å². The number of carbonyl (C=O) groups is 1. The third kappa shape index (κ3) is 3.87. The van der Waals surface area contributed by atoms with Crippen molar-refractivity contribution >= 4 is 21.5 Å². The molecule has 27 heavy (non-hydrogen) atoms. The van der Waals surface area contributed by atoms with E-state index in [-0.39, 0.29) is 16.7 Å². The van der Waals surface area contributed by atoms with E-state index < -0.39 is 10.0 Å². The van der Waals surface area contributed by atoms with Crippen molar-refractivity contribution in [2.75, 3.05) is 24.5 Å². The summed E-state index contributed by atoms with van der Waals surface area (Å²) in [6, 6.07) is 15.3. The van der Waals surface area contributed by atoms with Crippen LogP contribution in [0.25, 0.3) is 0 Å². The van der Waals surface area contributed by atoms with Gasteiger partial charge < -0.3 is 4.90 Å². The Morgan fingerprint density at radius 2 is 1.70 bits per heavy atom. The smallest absolute Gasteiger partial charge is 0.243 e. The number of ketones is 1. The number of carbonyl (C=O) groups excluding carboxylic acids is 1. The van der Waals surface area contributed by atoms with Crippen molar-refractivity contribution in [2.24, 2.45) is 0 Å². The predicted molar refractivity (Wildman–Crippen MR) is 103 cm³/mol. The zero-order chi connectivity index (χ0) is 19.6. The van der Waals surface area contributed by atoms with Gasteiger partial charge in [0.1, 0.15) is 0 Å². The van der Waals surface area contributed by atoms with E-state index in [4.69, 9.17) is 5.26 Å². The molecule has 1 saturated heterocycles. The van der Waals surface area contributed by atoms with Gasteiger partial charge in [0, 0.05) is 36.9 Å². The zero-order valence-corrected chi connectivity index (χ0v) is 16.1. The SMILES string of the molecule is CC(=O)c1ccc(S(=O)(=O)N2CCN(c3ccc(C#N)cc3)CC2C)cc1. The Morgan fingerprint density at radius 1 is 1.07 bits per heavy atom. The highest BCUT2D eigenvalue weighted by atomic mass is 32.2. The van der Waals surface area contributed by atoms with Crippen molar-refractivity contribution in [3.05, 3.63) is 59.7 Å². The maximum Gasteiger partial charge on any atom is 0.243 e. The molecule has 1 aliphatic rings. The first kappa shape index (κ1) is 19.1. The topological polar surface area (TPSA) is 81.5 Å². The third-order valence-corrected chi connectivity index (χ3v) is 6.82. The largest absolute Gasteiger partial charge is 0.369 e. The molecule has 3 rings (SSSR count). The maximum absolute atomic E-state index is 13.0. The number of piperazine rings is 1. The van der Waals surface area contributed by atoms with Gasteiger partial charge in [-0.3, -0.25) is 4.79 Å². The maximum atomic E-state index is 13.0. The Labute approximate surface area is 159 Å². The van der Waals surface area contributed by atoms with Crippen LogP contribution in [0.5, 0.6) is 0 Å². The zero-order valence-electron chi connectivity index (χ0n) is 15.3. The Morgan fingerprint density at radius 3 is 2.22 bits per heavy atom. The Balaban J connectivity index is 1.76. The summed E-state index contributed by atoms with van der Waals surface area (Å²) in [4.78, 5) is 13.7. The van der Waals surface area contributed by atoms with Crippen molar-refractivity contribution in [3.8, 4) is 6.07 Å². The minimum Gasteiger partial charge on any atom is -0.369 e. The lowest BCUT2D eigenvalue weighted by Crippen LogP contribution is -2.54. The number of anilines is 1. The van der Waals surface area contributed by atoms with Crippen LogP contribution in [0.2, 0.25) is 0 Å². The summed E-state index contributed by atoms with van der Waals surface area (Å²) in [6.45, 7) is 4.85. The van der Waals surface area contributed by atoms with Gasteiger partial charge in [0.2, 0.25) is 10.0 Å².